The zero-order chi connectivity index (χ0) is 19.8. The van der Waals surface area contributed by atoms with Crippen LogP contribution in [0.1, 0.15) is 31.3 Å². The van der Waals surface area contributed by atoms with Gasteiger partial charge in [0.15, 0.2) is 5.75 Å². The summed E-state index contributed by atoms with van der Waals surface area (Å²) in [6.07, 6.45) is 1.30. The lowest BCUT2D eigenvalue weighted by molar-refractivity contribution is -0.385. The van der Waals surface area contributed by atoms with Crippen molar-refractivity contribution in [1.82, 2.24) is 0 Å². The fourth-order valence-electron chi connectivity index (χ4n) is 2.91. The quantitative estimate of drug-likeness (QED) is 0.225. The average molecular weight is 378 g/mol. The molecule has 3 aromatic rings. The van der Waals surface area contributed by atoms with Gasteiger partial charge in [0.05, 0.1) is 22.4 Å². The number of carbonyl (C=O) groups excluding carboxylic acids is 3. The van der Waals surface area contributed by atoms with Gasteiger partial charge in [-0.25, -0.2) is 9.69 Å². The van der Waals surface area contributed by atoms with E-state index in [9.17, 15) is 24.5 Å². The van der Waals surface area contributed by atoms with Gasteiger partial charge in [0.2, 0.25) is 5.76 Å². The molecule has 0 spiro atoms. The van der Waals surface area contributed by atoms with E-state index in [0.29, 0.717) is 0 Å². The number of nitro groups is 1. The first kappa shape index (κ1) is 17.2. The van der Waals surface area contributed by atoms with Crippen LogP contribution in [0.5, 0.6) is 5.75 Å². The highest BCUT2D eigenvalue weighted by Crippen LogP contribution is 2.38. The maximum Gasteiger partial charge on any atom is 0.379 e. The number of furan rings is 1. The van der Waals surface area contributed by atoms with E-state index < -0.39 is 28.4 Å². The third kappa shape index (κ3) is 2.62. The Bertz CT molecular complexity index is 1130. The Hall–Kier alpha value is -4.27. The first-order chi connectivity index (χ1) is 13.5. The number of carbonyl (C=O) groups is 3. The number of ether oxygens (including phenoxy) is 1. The van der Waals surface area contributed by atoms with Gasteiger partial charge in [0.1, 0.15) is 5.56 Å². The topological polar surface area (TPSA) is 120 Å². The van der Waals surface area contributed by atoms with E-state index in [4.69, 9.17) is 9.15 Å². The van der Waals surface area contributed by atoms with Gasteiger partial charge < -0.3 is 9.15 Å². The monoisotopic (exact) mass is 378 g/mol. The number of fused-ring (bicyclic) bond motifs is 1. The standard InChI is InChI=1S/C19H10N2O7/c22-17-11-5-3-7-13(21(25)26)16(11)18(23)20(17)12-6-1-2-8-14(12)28-19(24)15-9-4-10-27-15/h1-10H. The predicted molar refractivity (Wildman–Crippen MR) is 94.3 cm³/mol. The number of nitrogens with zero attached hydrogens (tertiary/aromatic N) is 2. The summed E-state index contributed by atoms with van der Waals surface area (Å²) in [6.45, 7) is 0. The minimum Gasteiger partial charge on any atom is -0.457 e. The molecule has 0 saturated heterocycles. The second-order valence-corrected chi connectivity index (χ2v) is 5.74. The molecule has 0 unspecified atom stereocenters. The van der Waals surface area contributed by atoms with Crippen molar-refractivity contribution in [3.63, 3.8) is 0 Å². The minimum absolute atomic E-state index is 0.0112. The van der Waals surface area contributed by atoms with Gasteiger partial charge in [-0.1, -0.05) is 18.2 Å². The van der Waals surface area contributed by atoms with Crippen molar-refractivity contribution in [2.24, 2.45) is 0 Å². The van der Waals surface area contributed by atoms with E-state index in [1.54, 1.807) is 6.07 Å². The number of amides is 2. The van der Waals surface area contributed by atoms with Crippen LogP contribution in [0.2, 0.25) is 0 Å². The normalized spacial score (nSPS) is 12.8. The summed E-state index contributed by atoms with van der Waals surface area (Å²) >= 11 is 0. The van der Waals surface area contributed by atoms with Gasteiger partial charge >= 0.3 is 5.97 Å². The van der Waals surface area contributed by atoms with Crippen LogP contribution in [0.4, 0.5) is 11.4 Å². The zero-order valence-electron chi connectivity index (χ0n) is 14.0. The lowest BCUT2D eigenvalue weighted by Gasteiger charge is -2.17. The molecule has 0 bridgehead atoms. The number of hydrogen-bond acceptors (Lipinski definition) is 7. The predicted octanol–water partition coefficient (Wildman–Crippen LogP) is 3.21. The fraction of sp³-hybridized carbons (Fsp3) is 0. The summed E-state index contributed by atoms with van der Waals surface area (Å²) < 4.78 is 10.2. The largest absolute Gasteiger partial charge is 0.457 e. The van der Waals surface area contributed by atoms with E-state index in [-0.39, 0.29) is 28.3 Å². The molecule has 2 aromatic carbocycles. The Balaban J connectivity index is 1.76. The minimum atomic E-state index is -0.867. The number of benzene rings is 2. The lowest BCUT2D eigenvalue weighted by Crippen LogP contribution is -2.30. The van der Waals surface area contributed by atoms with Crippen molar-refractivity contribution < 1.29 is 28.5 Å². The highest BCUT2D eigenvalue weighted by atomic mass is 16.6. The number of hydrogen-bond donors (Lipinski definition) is 0. The van der Waals surface area contributed by atoms with Gasteiger partial charge in [-0.2, -0.15) is 0 Å². The third-order valence-electron chi connectivity index (χ3n) is 4.12. The van der Waals surface area contributed by atoms with E-state index >= 15 is 0 Å². The fourth-order valence-corrected chi connectivity index (χ4v) is 2.91. The Labute approximate surface area is 156 Å². The number of nitro benzene ring substituents is 1. The van der Waals surface area contributed by atoms with Crippen LogP contribution >= 0.6 is 0 Å². The molecule has 9 heteroatoms. The van der Waals surface area contributed by atoms with Crippen LogP contribution in [0.3, 0.4) is 0 Å². The van der Waals surface area contributed by atoms with Gasteiger partial charge in [-0.3, -0.25) is 19.7 Å². The molecule has 0 atom stereocenters. The SMILES string of the molecule is O=C(Oc1ccccc1N1C(=O)c2cccc([N+](=O)[O-])c2C1=O)c1ccco1. The molecule has 0 saturated carbocycles. The Kier molecular flexibility index (Phi) is 3.96. The molecule has 138 valence electrons. The van der Waals surface area contributed by atoms with Crippen molar-refractivity contribution in [1.29, 1.82) is 0 Å². The van der Waals surface area contributed by atoms with E-state index in [1.165, 1.54) is 48.7 Å². The van der Waals surface area contributed by atoms with Crippen LogP contribution in [-0.2, 0) is 0 Å². The highest BCUT2D eigenvalue weighted by Gasteiger charge is 2.43. The maximum atomic E-state index is 12.8. The molecular weight excluding hydrogens is 368 g/mol. The molecule has 4 rings (SSSR count). The average Bonchev–Trinajstić information content (AvgIpc) is 3.30. The number of para-hydroxylation sites is 2. The Morgan fingerprint density at radius 2 is 1.79 bits per heavy atom. The lowest BCUT2D eigenvalue weighted by atomic mass is 10.1. The number of anilines is 1. The van der Waals surface area contributed by atoms with Crippen molar-refractivity contribution >= 4 is 29.2 Å². The molecule has 1 aliphatic rings. The molecule has 9 nitrogen and oxygen atoms in total. The van der Waals surface area contributed by atoms with E-state index in [1.807, 2.05) is 0 Å². The molecule has 0 radical (unpaired) electrons. The summed E-state index contributed by atoms with van der Waals surface area (Å²) in [5, 5.41) is 11.2. The smallest absolute Gasteiger partial charge is 0.379 e. The first-order valence-electron chi connectivity index (χ1n) is 8.00. The van der Waals surface area contributed by atoms with Gasteiger partial charge in [0, 0.05) is 6.07 Å². The number of imide groups is 1. The molecule has 0 fully saturated rings. The molecule has 1 aliphatic heterocycles. The van der Waals surface area contributed by atoms with Crippen LogP contribution in [-0.4, -0.2) is 22.7 Å². The summed E-state index contributed by atoms with van der Waals surface area (Å²) in [5.41, 5.74) is -0.873. The van der Waals surface area contributed by atoms with Gasteiger partial charge in [-0.05, 0) is 30.3 Å². The summed E-state index contributed by atoms with van der Waals surface area (Å²) in [4.78, 5) is 49.1. The highest BCUT2D eigenvalue weighted by molar-refractivity contribution is 6.36. The first-order valence-corrected chi connectivity index (χ1v) is 8.00. The summed E-state index contributed by atoms with van der Waals surface area (Å²) in [5.74, 6) is -2.56. The number of esters is 1. The molecule has 1 aromatic heterocycles. The van der Waals surface area contributed by atoms with Crippen LogP contribution in [0, 0.1) is 10.1 Å². The van der Waals surface area contributed by atoms with Crippen molar-refractivity contribution in [2.75, 3.05) is 4.90 Å². The van der Waals surface area contributed by atoms with E-state index in [2.05, 4.69) is 0 Å². The second kappa shape index (κ2) is 6.47. The number of rotatable bonds is 4. The van der Waals surface area contributed by atoms with Gasteiger partial charge in [0.25, 0.3) is 17.5 Å². The molecule has 2 amide bonds. The van der Waals surface area contributed by atoms with Crippen LogP contribution < -0.4 is 9.64 Å². The Morgan fingerprint density at radius 1 is 1.00 bits per heavy atom. The third-order valence-corrected chi connectivity index (χ3v) is 4.12. The second-order valence-electron chi connectivity index (χ2n) is 5.74. The molecule has 2 heterocycles. The van der Waals surface area contributed by atoms with Crippen LogP contribution in [0.15, 0.2) is 65.3 Å². The van der Waals surface area contributed by atoms with Crippen LogP contribution in [0.25, 0.3) is 0 Å². The summed E-state index contributed by atoms with van der Waals surface area (Å²) in [7, 11) is 0. The van der Waals surface area contributed by atoms with Crippen molar-refractivity contribution in [3.05, 3.63) is 87.9 Å². The molecule has 0 aliphatic carbocycles. The Morgan fingerprint density at radius 3 is 2.50 bits per heavy atom. The maximum absolute atomic E-state index is 12.8. The summed E-state index contributed by atoms with van der Waals surface area (Å²) in [6, 6.07) is 12.6. The molecular formula is C19H10N2O7. The van der Waals surface area contributed by atoms with Crippen molar-refractivity contribution in [3.8, 4) is 5.75 Å². The zero-order valence-corrected chi connectivity index (χ0v) is 14.0. The van der Waals surface area contributed by atoms with E-state index in [0.717, 1.165) is 11.0 Å². The molecule has 0 N–H and O–H groups in total. The molecule has 28 heavy (non-hydrogen) atoms. The van der Waals surface area contributed by atoms with Crippen molar-refractivity contribution in [2.45, 2.75) is 0 Å². The van der Waals surface area contributed by atoms with Gasteiger partial charge in [-0.15, -0.1) is 0 Å².